The van der Waals surface area contributed by atoms with Gasteiger partial charge in [0.1, 0.15) is 5.82 Å². The molecular formula is C21H14N4O4. The number of nitro groups is 1. The lowest BCUT2D eigenvalue weighted by atomic mass is 9.80. The minimum atomic E-state index is -0.622. The largest absolute Gasteiger partial charge is 0.341 e. The summed E-state index contributed by atoms with van der Waals surface area (Å²) in [5.41, 5.74) is 1.24. The topological polar surface area (TPSA) is 121 Å². The molecule has 0 saturated heterocycles. The molecule has 0 radical (unpaired) electrons. The molecule has 29 heavy (non-hydrogen) atoms. The second-order valence-electron chi connectivity index (χ2n) is 6.85. The van der Waals surface area contributed by atoms with E-state index in [9.17, 15) is 19.7 Å². The Labute approximate surface area is 163 Å². The van der Waals surface area contributed by atoms with E-state index in [1.807, 2.05) is 36.4 Å². The summed E-state index contributed by atoms with van der Waals surface area (Å²) in [5, 5.41) is 16.4. The summed E-state index contributed by atoms with van der Waals surface area (Å²) >= 11 is 0. The molecular weight excluding hydrogens is 372 g/mol. The molecule has 8 nitrogen and oxygen atoms in total. The Morgan fingerprint density at radius 1 is 0.897 bits per heavy atom. The van der Waals surface area contributed by atoms with Gasteiger partial charge in [-0.15, -0.1) is 0 Å². The number of fused-ring (bicyclic) bond motifs is 4. The second-order valence-corrected chi connectivity index (χ2v) is 6.85. The van der Waals surface area contributed by atoms with Crippen LogP contribution in [0.4, 0.5) is 17.2 Å². The number of benzene rings is 3. The van der Waals surface area contributed by atoms with E-state index >= 15 is 0 Å². The van der Waals surface area contributed by atoms with E-state index in [0.29, 0.717) is 11.1 Å². The molecule has 8 heteroatoms. The van der Waals surface area contributed by atoms with E-state index in [0.717, 1.165) is 22.0 Å². The number of aromatic nitrogens is 2. The van der Waals surface area contributed by atoms with Crippen molar-refractivity contribution in [2.24, 2.45) is 0 Å². The summed E-state index contributed by atoms with van der Waals surface area (Å²) < 4.78 is 0. The molecule has 0 bridgehead atoms. The zero-order valence-corrected chi connectivity index (χ0v) is 14.9. The molecule has 0 saturated carbocycles. The molecule has 5 rings (SSSR count). The smallest absolute Gasteiger partial charge is 0.327 e. The highest BCUT2D eigenvalue weighted by Crippen LogP contribution is 2.45. The molecule has 3 N–H and O–H groups in total. The number of nitrogens with one attached hydrogen (secondary N) is 3. The summed E-state index contributed by atoms with van der Waals surface area (Å²) in [6.07, 6.45) is 0. The number of non-ortho nitro benzene ring substituents is 1. The lowest BCUT2D eigenvalue weighted by Gasteiger charge is -2.29. The highest BCUT2D eigenvalue weighted by Gasteiger charge is 2.32. The number of hydrogen-bond donors (Lipinski definition) is 3. The molecule has 0 spiro atoms. The molecule has 142 valence electrons. The van der Waals surface area contributed by atoms with Crippen molar-refractivity contribution in [1.82, 2.24) is 9.97 Å². The van der Waals surface area contributed by atoms with Crippen LogP contribution in [-0.2, 0) is 0 Å². The van der Waals surface area contributed by atoms with Crippen LogP contribution in [0.1, 0.15) is 22.6 Å². The number of aromatic amines is 2. The molecule has 2 heterocycles. The average Bonchev–Trinajstić information content (AvgIpc) is 2.72. The number of nitro benzene ring substituents is 1. The third-order valence-corrected chi connectivity index (χ3v) is 5.20. The van der Waals surface area contributed by atoms with Gasteiger partial charge in [-0.1, -0.05) is 42.5 Å². The Kier molecular flexibility index (Phi) is 3.60. The van der Waals surface area contributed by atoms with Crippen molar-refractivity contribution >= 4 is 28.0 Å². The van der Waals surface area contributed by atoms with E-state index in [-0.39, 0.29) is 11.5 Å². The van der Waals surface area contributed by atoms with Crippen molar-refractivity contribution in [3.8, 4) is 0 Å². The number of rotatable bonds is 2. The first kappa shape index (κ1) is 16.9. The monoisotopic (exact) mass is 386 g/mol. The Bertz CT molecular complexity index is 1420. The summed E-state index contributed by atoms with van der Waals surface area (Å²) in [6.45, 7) is 0. The lowest BCUT2D eigenvalue weighted by molar-refractivity contribution is -0.384. The van der Waals surface area contributed by atoms with Gasteiger partial charge in [0, 0.05) is 23.7 Å². The van der Waals surface area contributed by atoms with Gasteiger partial charge in [-0.05, 0) is 28.0 Å². The highest BCUT2D eigenvalue weighted by molar-refractivity contribution is 5.94. The van der Waals surface area contributed by atoms with Crippen molar-refractivity contribution in [1.29, 1.82) is 0 Å². The van der Waals surface area contributed by atoms with E-state index in [1.165, 1.54) is 12.1 Å². The van der Waals surface area contributed by atoms with Crippen LogP contribution in [0, 0.1) is 10.1 Å². The molecule has 0 amide bonds. The second kappa shape index (κ2) is 6.16. The third-order valence-electron chi connectivity index (χ3n) is 5.20. The molecule has 0 unspecified atom stereocenters. The first-order valence-electron chi connectivity index (χ1n) is 8.92. The van der Waals surface area contributed by atoms with Gasteiger partial charge in [0.15, 0.2) is 0 Å². The van der Waals surface area contributed by atoms with Gasteiger partial charge in [-0.2, -0.15) is 0 Å². The first-order chi connectivity index (χ1) is 14.0. The van der Waals surface area contributed by atoms with Gasteiger partial charge in [0.05, 0.1) is 10.5 Å². The summed E-state index contributed by atoms with van der Waals surface area (Å²) in [4.78, 5) is 40.4. The third kappa shape index (κ3) is 2.61. The lowest BCUT2D eigenvalue weighted by Crippen LogP contribution is -2.32. The zero-order chi connectivity index (χ0) is 20.1. The number of anilines is 2. The fraction of sp³-hybridized carbons (Fsp3) is 0.0476. The summed E-state index contributed by atoms with van der Waals surface area (Å²) in [7, 11) is 0. The summed E-state index contributed by atoms with van der Waals surface area (Å²) in [5.74, 6) is -0.300. The van der Waals surface area contributed by atoms with Crippen LogP contribution in [0.3, 0.4) is 0 Å². The quantitative estimate of drug-likeness (QED) is 0.317. The fourth-order valence-electron chi connectivity index (χ4n) is 4.02. The van der Waals surface area contributed by atoms with Gasteiger partial charge < -0.3 is 5.32 Å². The van der Waals surface area contributed by atoms with Crippen LogP contribution >= 0.6 is 0 Å². The molecule has 1 aromatic heterocycles. The van der Waals surface area contributed by atoms with Crippen molar-refractivity contribution in [3.63, 3.8) is 0 Å². The predicted molar refractivity (Wildman–Crippen MR) is 109 cm³/mol. The molecule has 3 aromatic carbocycles. The van der Waals surface area contributed by atoms with Crippen molar-refractivity contribution in [2.45, 2.75) is 5.92 Å². The molecule has 1 aliphatic heterocycles. The molecule has 1 atom stereocenters. The van der Waals surface area contributed by atoms with Gasteiger partial charge in [0.25, 0.3) is 11.2 Å². The van der Waals surface area contributed by atoms with E-state index in [1.54, 1.807) is 12.1 Å². The fourth-order valence-corrected chi connectivity index (χ4v) is 4.02. The molecule has 0 fully saturated rings. The Morgan fingerprint density at radius 2 is 1.72 bits per heavy atom. The average molecular weight is 386 g/mol. The minimum Gasteiger partial charge on any atom is -0.341 e. The van der Waals surface area contributed by atoms with Gasteiger partial charge in [-0.3, -0.25) is 24.9 Å². The van der Waals surface area contributed by atoms with Crippen LogP contribution in [0.15, 0.2) is 70.3 Å². The standard InChI is InChI=1S/C21H14N4O4/c26-20-18-16(12-5-3-6-13(10-12)25(28)29)17-14-7-2-1-4-11(14)8-9-15(17)22-19(18)23-21(27)24-20/h1-10,16H,(H3,22,23,24,26,27)/t16-/m0/s1. The first-order valence-corrected chi connectivity index (χ1v) is 8.92. The Hall–Kier alpha value is -4.20. The van der Waals surface area contributed by atoms with E-state index in [4.69, 9.17) is 0 Å². The van der Waals surface area contributed by atoms with Gasteiger partial charge >= 0.3 is 5.69 Å². The minimum absolute atomic E-state index is 0.0646. The van der Waals surface area contributed by atoms with Crippen LogP contribution in [-0.4, -0.2) is 14.9 Å². The summed E-state index contributed by atoms with van der Waals surface area (Å²) in [6, 6.07) is 17.8. The van der Waals surface area contributed by atoms with Crippen LogP contribution in [0.2, 0.25) is 0 Å². The molecule has 1 aliphatic rings. The maximum Gasteiger partial charge on any atom is 0.327 e. The Morgan fingerprint density at radius 3 is 2.55 bits per heavy atom. The predicted octanol–water partition coefficient (Wildman–Crippen LogP) is 3.36. The van der Waals surface area contributed by atoms with E-state index in [2.05, 4.69) is 15.3 Å². The normalized spacial score (nSPS) is 14.7. The van der Waals surface area contributed by atoms with Crippen molar-refractivity contribution in [2.75, 3.05) is 5.32 Å². The van der Waals surface area contributed by atoms with Crippen molar-refractivity contribution in [3.05, 3.63) is 108 Å². The van der Waals surface area contributed by atoms with Gasteiger partial charge in [0.2, 0.25) is 0 Å². The maximum atomic E-state index is 12.8. The highest BCUT2D eigenvalue weighted by atomic mass is 16.6. The zero-order valence-electron chi connectivity index (χ0n) is 14.9. The number of H-pyrrole nitrogens is 2. The molecule has 0 aliphatic carbocycles. The maximum absolute atomic E-state index is 12.8. The Balaban J connectivity index is 1.89. The molecule has 4 aromatic rings. The SMILES string of the molecule is O=c1[nH]c2c(c(=O)[nH]1)[C@@H](c1cccc([N+](=O)[O-])c1)c1c(ccc3ccccc13)N2. The van der Waals surface area contributed by atoms with Gasteiger partial charge in [-0.25, -0.2) is 4.79 Å². The van der Waals surface area contributed by atoms with Crippen LogP contribution < -0.4 is 16.6 Å². The van der Waals surface area contributed by atoms with Crippen LogP contribution in [0.25, 0.3) is 10.8 Å². The van der Waals surface area contributed by atoms with E-state index < -0.39 is 22.1 Å². The van der Waals surface area contributed by atoms with Crippen molar-refractivity contribution < 1.29 is 4.92 Å². The number of nitrogens with zero attached hydrogens (tertiary/aromatic N) is 1. The van der Waals surface area contributed by atoms with Crippen LogP contribution in [0.5, 0.6) is 0 Å². The number of hydrogen-bond acceptors (Lipinski definition) is 5.